The van der Waals surface area contributed by atoms with E-state index in [0.717, 1.165) is 32.7 Å². The van der Waals surface area contributed by atoms with E-state index in [9.17, 15) is 4.79 Å². The van der Waals surface area contributed by atoms with Gasteiger partial charge in [-0.15, -0.1) is 0 Å². The highest BCUT2D eigenvalue weighted by atomic mass is 79.9. The number of benzene rings is 1. The fourth-order valence-corrected chi connectivity index (χ4v) is 2.47. The number of aldehydes is 1. The van der Waals surface area contributed by atoms with Gasteiger partial charge in [-0.25, -0.2) is 0 Å². The Hall–Kier alpha value is -1.55. The highest BCUT2D eigenvalue weighted by Crippen LogP contribution is 2.29. The van der Waals surface area contributed by atoms with Crippen molar-refractivity contribution >= 4 is 44.2 Å². The monoisotopic (exact) mass is 276 g/mol. The molecule has 3 nitrogen and oxygen atoms in total. The number of nitrogens with one attached hydrogen (secondary N) is 1. The molecule has 80 valence electrons. The summed E-state index contributed by atoms with van der Waals surface area (Å²) in [5.74, 6) is 0. The fraction of sp³-hybridized carbons (Fsp3) is 0.0833. The molecule has 3 rings (SSSR count). The van der Waals surface area contributed by atoms with Gasteiger partial charge >= 0.3 is 0 Å². The van der Waals surface area contributed by atoms with Crippen LogP contribution in [-0.2, 0) is 7.05 Å². The lowest BCUT2D eigenvalue weighted by atomic mass is 10.2. The second kappa shape index (κ2) is 3.22. The van der Waals surface area contributed by atoms with Gasteiger partial charge in [-0.1, -0.05) is 15.9 Å². The molecular weight excluding hydrogens is 268 g/mol. The molecule has 0 saturated heterocycles. The zero-order valence-corrected chi connectivity index (χ0v) is 10.2. The Kier molecular flexibility index (Phi) is 1.94. The van der Waals surface area contributed by atoms with E-state index in [4.69, 9.17) is 0 Å². The molecule has 0 amide bonds. The predicted molar refractivity (Wildman–Crippen MR) is 67.9 cm³/mol. The topological polar surface area (TPSA) is 37.8 Å². The summed E-state index contributed by atoms with van der Waals surface area (Å²) in [7, 11) is 2.00. The second-order valence-corrected chi connectivity index (χ2v) is 4.74. The summed E-state index contributed by atoms with van der Waals surface area (Å²) in [5.41, 5.74) is 3.83. The average Bonchev–Trinajstić information content (AvgIpc) is 2.80. The number of H-pyrrole nitrogens is 1. The van der Waals surface area contributed by atoms with Crippen LogP contribution in [0.4, 0.5) is 0 Å². The van der Waals surface area contributed by atoms with Gasteiger partial charge in [0.1, 0.15) is 0 Å². The van der Waals surface area contributed by atoms with Crippen molar-refractivity contribution in [2.75, 3.05) is 0 Å². The Labute approximate surface area is 100 Å². The van der Waals surface area contributed by atoms with Gasteiger partial charge in [0.2, 0.25) is 0 Å². The van der Waals surface area contributed by atoms with E-state index in [-0.39, 0.29) is 0 Å². The molecule has 0 aliphatic heterocycles. The molecule has 0 fully saturated rings. The number of nitrogens with zero attached hydrogens (tertiary/aromatic N) is 1. The molecular formula is C12H9BrN2O. The lowest BCUT2D eigenvalue weighted by molar-refractivity contribution is 0.112. The molecule has 1 aromatic carbocycles. The van der Waals surface area contributed by atoms with Crippen LogP contribution in [0, 0.1) is 0 Å². The summed E-state index contributed by atoms with van der Waals surface area (Å²) in [5, 5.41) is 1.13. The molecule has 4 heteroatoms. The predicted octanol–water partition coefficient (Wildman–Crippen LogP) is 3.23. The van der Waals surface area contributed by atoms with E-state index in [1.54, 1.807) is 0 Å². The van der Waals surface area contributed by atoms with Crippen molar-refractivity contribution < 1.29 is 4.79 Å². The van der Waals surface area contributed by atoms with Gasteiger partial charge < -0.3 is 9.55 Å². The molecule has 0 atom stereocenters. The molecule has 3 aromatic rings. The Morgan fingerprint density at radius 3 is 2.88 bits per heavy atom. The first-order valence-corrected chi connectivity index (χ1v) is 5.72. The van der Waals surface area contributed by atoms with Crippen LogP contribution in [0.2, 0.25) is 0 Å². The van der Waals surface area contributed by atoms with E-state index >= 15 is 0 Å². The van der Waals surface area contributed by atoms with Crippen molar-refractivity contribution in [3.05, 3.63) is 34.4 Å². The Balaban J connectivity index is 2.52. The average molecular weight is 277 g/mol. The van der Waals surface area contributed by atoms with E-state index in [1.165, 1.54) is 0 Å². The van der Waals surface area contributed by atoms with Crippen LogP contribution in [0.15, 0.2) is 28.7 Å². The number of hydrogen-bond acceptors (Lipinski definition) is 1. The van der Waals surface area contributed by atoms with Gasteiger partial charge in [0, 0.05) is 16.9 Å². The minimum Gasteiger partial charge on any atom is -0.351 e. The van der Waals surface area contributed by atoms with Gasteiger partial charge in [-0.3, -0.25) is 4.79 Å². The van der Waals surface area contributed by atoms with Crippen molar-refractivity contribution in [3.8, 4) is 0 Å². The first kappa shape index (κ1) is 9.66. The van der Waals surface area contributed by atoms with Crippen LogP contribution >= 0.6 is 15.9 Å². The van der Waals surface area contributed by atoms with Crippen LogP contribution in [-0.4, -0.2) is 15.8 Å². The minimum absolute atomic E-state index is 0.616. The smallest absolute Gasteiger partial charge is 0.166 e. The quantitative estimate of drug-likeness (QED) is 0.681. The van der Waals surface area contributed by atoms with Gasteiger partial charge in [0.25, 0.3) is 0 Å². The number of fused-ring (bicyclic) bond motifs is 3. The molecule has 0 radical (unpaired) electrons. The molecule has 2 aromatic heterocycles. The van der Waals surface area contributed by atoms with Gasteiger partial charge in [0.05, 0.1) is 22.2 Å². The third kappa shape index (κ3) is 1.16. The molecule has 0 saturated carbocycles. The summed E-state index contributed by atoms with van der Waals surface area (Å²) in [6.45, 7) is 0. The Morgan fingerprint density at radius 1 is 1.31 bits per heavy atom. The normalized spacial score (nSPS) is 11.4. The number of carbonyl (C=O) groups excluding carboxylic acids is 1. The van der Waals surface area contributed by atoms with Crippen LogP contribution in [0.25, 0.3) is 21.9 Å². The maximum absolute atomic E-state index is 10.7. The molecule has 0 unspecified atom stereocenters. The lowest BCUT2D eigenvalue weighted by Crippen LogP contribution is -1.85. The number of aryl methyl sites for hydroxylation is 1. The van der Waals surface area contributed by atoms with Gasteiger partial charge in [0.15, 0.2) is 6.29 Å². The zero-order chi connectivity index (χ0) is 11.3. The molecule has 0 spiro atoms. The Bertz CT molecular complexity index is 709. The summed E-state index contributed by atoms with van der Waals surface area (Å²) < 4.78 is 3.14. The highest BCUT2D eigenvalue weighted by molar-refractivity contribution is 9.10. The molecule has 2 heterocycles. The van der Waals surface area contributed by atoms with E-state index < -0.39 is 0 Å². The van der Waals surface area contributed by atoms with E-state index in [0.29, 0.717) is 5.69 Å². The first-order chi connectivity index (χ1) is 7.70. The van der Waals surface area contributed by atoms with E-state index in [2.05, 4.69) is 31.5 Å². The van der Waals surface area contributed by atoms with Crippen molar-refractivity contribution in [1.29, 1.82) is 0 Å². The number of carbonyl (C=O) groups is 1. The molecule has 1 N–H and O–H groups in total. The molecule has 0 aliphatic rings. The summed E-state index contributed by atoms with van der Waals surface area (Å²) in [6, 6.07) is 8.00. The van der Waals surface area contributed by atoms with Crippen LogP contribution in [0.5, 0.6) is 0 Å². The Morgan fingerprint density at radius 2 is 2.12 bits per heavy atom. The fourth-order valence-electron chi connectivity index (χ4n) is 2.12. The van der Waals surface area contributed by atoms with Crippen LogP contribution in [0.1, 0.15) is 10.5 Å². The maximum Gasteiger partial charge on any atom is 0.166 e. The molecule has 16 heavy (non-hydrogen) atoms. The number of halogens is 1. The number of rotatable bonds is 1. The summed E-state index contributed by atoms with van der Waals surface area (Å²) >= 11 is 3.46. The zero-order valence-electron chi connectivity index (χ0n) is 8.62. The highest BCUT2D eigenvalue weighted by Gasteiger charge is 2.11. The standard InChI is InChI=1S/C12H9BrN2O/c1-15-10-4-7(13)2-3-9(10)12-11(15)5-8(6-16)14-12/h2-6,14H,1H3. The maximum atomic E-state index is 10.7. The van der Waals surface area contributed by atoms with Crippen molar-refractivity contribution in [2.24, 2.45) is 7.05 Å². The van der Waals surface area contributed by atoms with Crippen molar-refractivity contribution in [1.82, 2.24) is 9.55 Å². The van der Waals surface area contributed by atoms with Gasteiger partial charge in [-0.2, -0.15) is 0 Å². The van der Waals surface area contributed by atoms with Gasteiger partial charge in [-0.05, 0) is 24.3 Å². The minimum atomic E-state index is 0.616. The van der Waals surface area contributed by atoms with Crippen molar-refractivity contribution in [2.45, 2.75) is 0 Å². The molecule has 0 aliphatic carbocycles. The van der Waals surface area contributed by atoms with Crippen molar-refractivity contribution in [3.63, 3.8) is 0 Å². The first-order valence-electron chi connectivity index (χ1n) is 4.92. The third-order valence-electron chi connectivity index (χ3n) is 2.90. The van der Waals surface area contributed by atoms with Crippen LogP contribution in [0.3, 0.4) is 0 Å². The second-order valence-electron chi connectivity index (χ2n) is 3.82. The largest absolute Gasteiger partial charge is 0.351 e. The summed E-state index contributed by atoms with van der Waals surface area (Å²) in [4.78, 5) is 13.9. The lowest BCUT2D eigenvalue weighted by Gasteiger charge is -1.97. The van der Waals surface area contributed by atoms with Crippen LogP contribution < -0.4 is 0 Å². The number of aromatic nitrogens is 2. The SMILES string of the molecule is Cn1c2cc(Br)ccc2c2[nH]c(C=O)cc21. The number of aromatic amines is 1. The van der Waals surface area contributed by atoms with E-state index in [1.807, 2.05) is 25.2 Å². The number of hydrogen-bond donors (Lipinski definition) is 1. The molecule has 0 bridgehead atoms. The third-order valence-corrected chi connectivity index (χ3v) is 3.39. The summed E-state index contributed by atoms with van der Waals surface area (Å²) in [6.07, 6.45) is 0.838.